The van der Waals surface area contributed by atoms with Crippen molar-refractivity contribution in [2.24, 2.45) is 0 Å². The number of halogens is 4. The van der Waals surface area contributed by atoms with Gasteiger partial charge >= 0.3 is 6.18 Å². The van der Waals surface area contributed by atoms with Crippen LogP contribution in [-0.2, 0) is 6.18 Å². The first-order valence-corrected chi connectivity index (χ1v) is 4.64. The molecule has 15 heavy (non-hydrogen) atoms. The van der Waals surface area contributed by atoms with Crippen LogP contribution in [0.25, 0.3) is 0 Å². The number of nitrogens with one attached hydrogen (secondary N) is 1. The molecule has 1 aromatic carbocycles. The summed E-state index contributed by atoms with van der Waals surface area (Å²) in [5.74, 6) is 0. The fourth-order valence-corrected chi connectivity index (χ4v) is 1.45. The summed E-state index contributed by atoms with van der Waals surface area (Å²) in [5, 5.41) is 2.77. The normalized spacial score (nSPS) is 11.5. The van der Waals surface area contributed by atoms with Gasteiger partial charge in [0.15, 0.2) is 0 Å². The topological polar surface area (TPSA) is 38.0 Å². The van der Waals surface area contributed by atoms with Crippen molar-refractivity contribution in [2.45, 2.75) is 13.1 Å². The molecular weight excluding hydrogens is 229 g/mol. The van der Waals surface area contributed by atoms with E-state index in [1.54, 1.807) is 6.92 Å². The van der Waals surface area contributed by atoms with E-state index in [2.05, 4.69) is 5.32 Å². The third-order valence-electron chi connectivity index (χ3n) is 1.80. The first-order valence-electron chi connectivity index (χ1n) is 4.26. The van der Waals surface area contributed by atoms with Gasteiger partial charge in [-0.05, 0) is 19.1 Å². The smallest absolute Gasteiger partial charge is 0.397 e. The predicted molar refractivity (Wildman–Crippen MR) is 55.0 cm³/mol. The van der Waals surface area contributed by atoms with E-state index in [9.17, 15) is 13.2 Å². The highest BCUT2D eigenvalue weighted by atomic mass is 35.5. The number of benzene rings is 1. The van der Waals surface area contributed by atoms with Crippen molar-refractivity contribution in [3.63, 3.8) is 0 Å². The largest absolute Gasteiger partial charge is 0.416 e. The minimum absolute atomic E-state index is 0.00308. The van der Waals surface area contributed by atoms with E-state index in [4.69, 9.17) is 17.3 Å². The standard InChI is InChI=1S/C9H10ClF3N2/c1-2-15-8-6(10)3-5(4-7(8)14)9(11,12)13/h3-4,15H,2,14H2,1H3. The monoisotopic (exact) mass is 238 g/mol. The van der Waals surface area contributed by atoms with E-state index in [0.29, 0.717) is 12.2 Å². The van der Waals surface area contributed by atoms with Crippen LogP contribution < -0.4 is 11.1 Å². The molecule has 3 N–H and O–H groups in total. The zero-order chi connectivity index (χ0) is 11.6. The molecule has 0 spiro atoms. The van der Waals surface area contributed by atoms with Gasteiger partial charge in [0.2, 0.25) is 0 Å². The highest BCUT2D eigenvalue weighted by Crippen LogP contribution is 2.37. The Hall–Kier alpha value is -1.10. The number of rotatable bonds is 2. The molecule has 0 aliphatic carbocycles. The molecule has 0 amide bonds. The van der Waals surface area contributed by atoms with Crippen LogP contribution in [0.5, 0.6) is 0 Å². The molecule has 0 saturated carbocycles. The zero-order valence-corrected chi connectivity index (χ0v) is 8.71. The molecule has 0 aromatic heterocycles. The number of anilines is 2. The van der Waals surface area contributed by atoms with Crippen LogP contribution in [0.2, 0.25) is 5.02 Å². The van der Waals surface area contributed by atoms with E-state index in [1.807, 2.05) is 0 Å². The second kappa shape index (κ2) is 4.18. The van der Waals surface area contributed by atoms with E-state index >= 15 is 0 Å². The molecule has 0 aliphatic heterocycles. The predicted octanol–water partition coefficient (Wildman–Crippen LogP) is 3.37. The Bertz CT molecular complexity index is 340. The Morgan fingerprint density at radius 3 is 2.40 bits per heavy atom. The number of nitrogen functional groups attached to an aromatic ring is 1. The summed E-state index contributed by atoms with van der Waals surface area (Å²) in [6.45, 7) is 2.34. The van der Waals surface area contributed by atoms with Crippen molar-refractivity contribution in [1.29, 1.82) is 0 Å². The van der Waals surface area contributed by atoms with Crippen molar-refractivity contribution in [3.8, 4) is 0 Å². The second-order valence-electron chi connectivity index (χ2n) is 2.95. The Morgan fingerprint density at radius 1 is 1.40 bits per heavy atom. The molecule has 0 bridgehead atoms. The van der Waals surface area contributed by atoms with E-state index in [0.717, 1.165) is 12.1 Å². The fraction of sp³-hybridized carbons (Fsp3) is 0.333. The lowest BCUT2D eigenvalue weighted by Gasteiger charge is -2.13. The van der Waals surface area contributed by atoms with Crippen LogP contribution in [-0.4, -0.2) is 6.54 Å². The first-order chi connectivity index (χ1) is 6.86. The van der Waals surface area contributed by atoms with Gasteiger partial charge in [0.1, 0.15) is 0 Å². The van der Waals surface area contributed by atoms with E-state index in [1.165, 1.54) is 0 Å². The molecule has 0 saturated heterocycles. The minimum atomic E-state index is -4.43. The summed E-state index contributed by atoms with van der Waals surface area (Å²) in [6.07, 6.45) is -4.43. The lowest BCUT2D eigenvalue weighted by Crippen LogP contribution is -2.08. The van der Waals surface area contributed by atoms with Crippen LogP contribution in [0, 0.1) is 0 Å². The lowest BCUT2D eigenvalue weighted by molar-refractivity contribution is -0.137. The molecule has 1 rings (SSSR count). The van der Waals surface area contributed by atoms with Gasteiger partial charge < -0.3 is 11.1 Å². The van der Waals surface area contributed by atoms with Crippen LogP contribution >= 0.6 is 11.6 Å². The molecule has 84 valence electrons. The Kier molecular flexibility index (Phi) is 3.34. The maximum absolute atomic E-state index is 12.3. The van der Waals surface area contributed by atoms with Crippen LogP contribution in [0.3, 0.4) is 0 Å². The molecule has 0 aliphatic rings. The Labute approximate surface area is 90.2 Å². The quantitative estimate of drug-likeness (QED) is 0.776. The molecule has 2 nitrogen and oxygen atoms in total. The summed E-state index contributed by atoms with van der Waals surface area (Å²) < 4.78 is 37.0. The Balaban J connectivity index is 3.19. The SMILES string of the molecule is CCNc1c(N)cc(C(F)(F)F)cc1Cl. The van der Waals surface area contributed by atoms with Gasteiger partial charge in [-0.2, -0.15) is 13.2 Å². The zero-order valence-electron chi connectivity index (χ0n) is 7.95. The molecule has 0 heterocycles. The summed E-state index contributed by atoms with van der Waals surface area (Å²) in [6, 6.07) is 1.72. The third kappa shape index (κ3) is 2.68. The van der Waals surface area contributed by atoms with Gasteiger partial charge in [-0.3, -0.25) is 0 Å². The number of hydrogen-bond acceptors (Lipinski definition) is 2. The van der Waals surface area contributed by atoms with Crippen molar-refractivity contribution in [3.05, 3.63) is 22.7 Å². The van der Waals surface area contributed by atoms with Crippen molar-refractivity contribution in [1.82, 2.24) is 0 Å². The van der Waals surface area contributed by atoms with Crippen molar-refractivity contribution >= 4 is 23.0 Å². The average Bonchev–Trinajstić information content (AvgIpc) is 2.09. The van der Waals surface area contributed by atoms with E-state index in [-0.39, 0.29) is 10.7 Å². The fourth-order valence-electron chi connectivity index (χ4n) is 1.15. The highest BCUT2D eigenvalue weighted by molar-refractivity contribution is 6.34. The van der Waals surface area contributed by atoms with Gasteiger partial charge in [0, 0.05) is 6.54 Å². The molecule has 0 atom stereocenters. The lowest BCUT2D eigenvalue weighted by atomic mass is 10.1. The average molecular weight is 239 g/mol. The summed E-state index contributed by atoms with van der Waals surface area (Å²) in [7, 11) is 0. The van der Waals surface area contributed by atoms with Gasteiger partial charge in [-0.15, -0.1) is 0 Å². The first kappa shape index (κ1) is 12.0. The molecule has 6 heteroatoms. The van der Waals surface area contributed by atoms with Crippen LogP contribution in [0.4, 0.5) is 24.5 Å². The third-order valence-corrected chi connectivity index (χ3v) is 2.10. The molecule has 1 aromatic rings. The van der Waals surface area contributed by atoms with Gasteiger partial charge in [-0.25, -0.2) is 0 Å². The summed E-state index contributed by atoms with van der Waals surface area (Å²) in [4.78, 5) is 0. The second-order valence-corrected chi connectivity index (χ2v) is 3.36. The van der Waals surface area contributed by atoms with Crippen LogP contribution in [0.1, 0.15) is 12.5 Å². The van der Waals surface area contributed by atoms with Gasteiger partial charge in [0.05, 0.1) is 22.0 Å². The molecule has 0 fully saturated rings. The number of hydrogen-bond donors (Lipinski definition) is 2. The van der Waals surface area contributed by atoms with Gasteiger partial charge in [-0.1, -0.05) is 11.6 Å². The minimum Gasteiger partial charge on any atom is -0.397 e. The molecule has 0 unspecified atom stereocenters. The highest BCUT2D eigenvalue weighted by Gasteiger charge is 2.31. The van der Waals surface area contributed by atoms with Gasteiger partial charge in [0.25, 0.3) is 0 Å². The number of alkyl halides is 3. The summed E-state index contributed by atoms with van der Waals surface area (Å²) >= 11 is 5.68. The van der Waals surface area contributed by atoms with Crippen molar-refractivity contribution in [2.75, 3.05) is 17.6 Å². The molecular formula is C9H10ClF3N2. The van der Waals surface area contributed by atoms with E-state index < -0.39 is 11.7 Å². The van der Waals surface area contributed by atoms with Crippen LogP contribution in [0.15, 0.2) is 12.1 Å². The summed E-state index contributed by atoms with van der Waals surface area (Å²) in [5.41, 5.74) is 4.95. The molecule has 0 radical (unpaired) electrons. The maximum Gasteiger partial charge on any atom is 0.416 e. The number of nitrogens with two attached hydrogens (primary N) is 1. The Morgan fingerprint density at radius 2 is 2.00 bits per heavy atom. The van der Waals surface area contributed by atoms with Crippen molar-refractivity contribution < 1.29 is 13.2 Å². The maximum atomic E-state index is 12.3.